The van der Waals surface area contributed by atoms with Crippen LogP contribution in [0.15, 0.2) is 54.6 Å². The molecule has 0 spiro atoms. The van der Waals surface area contributed by atoms with Crippen LogP contribution in [-0.4, -0.2) is 7.05 Å². The van der Waals surface area contributed by atoms with Crippen LogP contribution in [0.5, 0.6) is 0 Å². The van der Waals surface area contributed by atoms with Gasteiger partial charge in [-0.25, -0.2) is 0 Å². The van der Waals surface area contributed by atoms with Gasteiger partial charge in [0.25, 0.3) is 0 Å². The fourth-order valence-electron chi connectivity index (χ4n) is 3.41. The van der Waals surface area contributed by atoms with Crippen LogP contribution in [0.3, 0.4) is 0 Å². The molecule has 2 unspecified atom stereocenters. The van der Waals surface area contributed by atoms with Crippen LogP contribution in [0.2, 0.25) is 0 Å². The molecule has 0 bridgehead atoms. The van der Waals surface area contributed by atoms with Crippen molar-refractivity contribution in [3.63, 3.8) is 0 Å². The molecule has 4 rings (SSSR count). The van der Waals surface area contributed by atoms with E-state index in [1.807, 2.05) is 11.3 Å². The summed E-state index contributed by atoms with van der Waals surface area (Å²) >= 11 is 1.93. The van der Waals surface area contributed by atoms with Gasteiger partial charge in [0, 0.05) is 15.6 Å². The minimum Gasteiger partial charge on any atom is -0.312 e. The summed E-state index contributed by atoms with van der Waals surface area (Å²) < 4.78 is 1.39. The first-order valence-corrected chi connectivity index (χ1v) is 8.40. The van der Waals surface area contributed by atoms with Gasteiger partial charge >= 0.3 is 0 Å². The van der Waals surface area contributed by atoms with Crippen LogP contribution in [0.4, 0.5) is 0 Å². The van der Waals surface area contributed by atoms with Crippen LogP contribution in [-0.2, 0) is 6.42 Å². The van der Waals surface area contributed by atoms with E-state index in [-0.39, 0.29) is 0 Å². The number of fused-ring (bicyclic) bond motifs is 2. The number of hydrogen-bond donors (Lipinski definition) is 1. The highest BCUT2D eigenvalue weighted by Gasteiger charge is 2.28. The molecule has 1 aromatic heterocycles. The lowest BCUT2D eigenvalue weighted by atomic mass is 9.74. The Morgan fingerprint density at radius 3 is 2.76 bits per heavy atom. The number of thiophene rings is 1. The highest BCUT2D eigenvalue weighted by atomic mass is 32.1. The lowest BCUT2D eigenvalue weighted by Gasteiger charge is -2.32. The molecule has 0 saturated heterocycles. The highest BCUT2D eigenvalue weighted by Crippen LogP contribution is 2.42. The summed E-state index contributed by atoms with van der Waals surface area (Å²) in [6.45, 7) is 0. The van der Waals surface area contributed by atoms with Gasteiger partial charge in [-0.1, -0.05) is 42.5 Å². The second-order valence-corrected chi connectivity index (χ2v) is 6.98. The van der Waals surface area contributed by atoms with Crippen molar-refractivity contribution in [3.8, 4) is 0 Å². The number of nitrogens with one attached hydrogen (secondary N) is 1. The first-order valence-electron chi connectivity index (χ1n) is 7.58. The lowest BCUT2D eigenvalue weighted by Crippen LogP contribution is -2.24. The Kier molecular flexibility index (Phi) is 3.28. The quantitative estimate of drug-likeness (QED) is 0.722. The van der Waals surface area contributed by atoms with Gasteiger partial charge in [-0.3, -0.25) is 0 Å². The summed E-state index contributed by atoms with van der Waals surface area (Å²) in [7, 11) is 2.08. The van der Waals surface area contributed by atoms with Crippen LogP contribution in [0.1, 0.15) is 34.4 Å². The van der Waals surface area contributed by atoms with E-state index in [2.05, 4.69) is 67.0 Å². The Morgan fingerprint density at radius 1 is 1.14 bits per heavy atom. The second-order valence-electron chi connectivity index (χ2n) is 5.86. The molecular formula is C19H19NS. The Morgan fingerprint density at radius 2 is 1.95 bits per heavy atom. The van der Waals surface area contributed by atoms with Crippen molar-refractivity contribution in [1.82, 2.24) is 5.32 Å². The van der Waals surface area contributed by atoms with Crippen molar-refractivity contribution in [1.29, 1.82) is 0 Å². The third-order valence-corrected chi connectivity index (χ3v) is 5.85. The maximum absolute atomic E-state index is 3.52. The summed E-state index contributed by atoms with van der Waals surface area (Å²) in [5.74, 6) is 0.712. The van der Waals surface area contributed by atoms with E-state index in [0.717, 1.165) is 0 Å². The van der Waals surface area contributed by atoms with E-state index >= 15 is 0 Å². The van der Waals surface area contributed by atoms with Crippen molar-refractivity contribution in [2.24, 2.45) is 0 Å². The lowest BCUT2D eigenvalue weighted by molar-refractivity contribution is 0.457. The fourth-order valence-corrected chi connectivity index (χ4v) is 4.60. The summed E-state index contributed by atoms with van der Waals surface area (Å²) in [6.07, 6.45) is 2.43. The molecule has 0 aliphatic heterocycles. The van der Waals surface area contributed by atoms with E-state index in [4.69, 9.17) is 0 Å². The van der Waals surface area contributed by atoms with Crippen LogP contribution in [0, 0.1) is 0 Å². The normalized spacial score (nSPS) is 18.2. The molecule has 2 heteroatoms. The Balaban J connectivity index is 1.58. The maximum atomic E-state index is 3.52. The third kappa shape index (κ3) is 2.29. The van der Waals surface area contributed by atoms with Crippen molar-refractivity contribution >= 4 is 21.4 Å². The zero-order valence-electron chi connectivity index (χ0n) is 12.2. The van der Waals surface area contributed by atoms with Gasteiger partial charge in [0.2, 0.25) is 0 Å². The molecule has 0 fully saturated rings. The molecule has 0 amide bonds. The first kappa shape index (κ1) is 13.1. The molecule has 3 aromatic rings. The summed E-state index contributed by atoms with van der Waals surface area (Å²) in [6, 6.07) is 20.4. The van der Waals surface area contributed by atoms with E-state index in [0.29, 0.717) is 12.0 Å². The van der Waals surface area contributed by atoms with Gasteiger partial charge in [0.05, 0.1) is 0 Å². The zero-order chi connectivity index (χ0) is 14.2. The van der Waals surface area contributed by atoms with E-state index < -0.39 is 0 Å². The Labute approximate surface area is 129 Å². The van der Waals surface area contributed by atoms with Crippen LogP contribution < -0.4 is 5.32 Å². The Hall–Kier alpha value is -1.64. The molecule has 2 aromatic carbocycles. The number of hydrogen-bond acceptors (Lipinski definition) is 2. The van der Waals surface area contributed by atoms with Crippen LogP contribution in [0.25, 0.3) is 10.1 Å². The summed E-state index contributed by atoms with van der Waals surface area (Å²) in [5.41, 5.74) is 3.09. The summed E-state index contributed by atoms with van der Waals surface area (Å²) in [5, 5.41) is 4.89. The predicted molar refractivity (Wildman–Crippen MR) is 91.1 cm³/mol. The Bertz CT molecular complexity index is 741. The van der Waals surface area contributed by atoms with Gasteiger partial charge in [0.1, 0.15) is 0 Å². The van der Waals surface area contributed by atoms with Crippen LogP contribution >= 0.6 is 11.3 Å². The molecule has 1 nitrogen and oxygen atoms in total. The number of benzene rings is 2. The highest BCUT2D eigenvalue weighted by molar-refractivity contribution is 7.19. The molecule has 106 valence electrons. The third-order valence-electron chi connectivity index (χ3n) is 4.62. The van der Waals surface area contributed by atoms with Crippen molar-refractivity contribution in [2.75, 3.05) is 7.05 Å². The molecule has 21 heavy (non-hydrogen) atoms. The molecule has 1 aliphatic carbocycles. The predicted octanol–water partition coefficient (Wildman–Crippen LogP) is 4.89. The second kappa shape index (κ2) is 5.28. The molecule has 1 aliphatic rings. The van der Waals surface area contributed by atoms with Gasteiger partial charge in [-0.15, -0.1) is 11.3 Å². The fraction of sp³-hybridized carbons (Fsp3) is 0.263. The molecular weight excluding hydrogens is 274 g/mol. The smallest absolute Gasteiger partial charge is 0.0418 e. The molecule has 1 N–H and O–H groups in total. The average Bonchev–Trinajstić information content (AvgIpc) is 2.92. The maximum Gasteiger partial charge on any atom is 0.0418 e. The van der Waals surface area contributed by atoms with E-state index in [1.54, 1.807) is 5.56 Å². The molecule has 1 heterocycles. The SMILES string of the molecule is CNC(CC1Cc2ccccc21)c1cc2ccccc2s1. The van der Waals surface area contributed by atoms with Crippen molar-refractivity contribution in [2.45, 2.75) is 24.8 Å². The molecule has 0 radical (unpaired) electrons. The van der Waals surface area contributed by atoms with Gasteiger partial charge in [-0.2, -0.15) is 0 Å². The van der Waals surface area contributed by atoms with E-state index in [1.165, 1.54) is 33.4 Å². The number of rotatable bonds is 4. The zero-order valence-corrected chi connectivity index (χ0v) is 13.0. The van der Waals surface area contributed by atoms with Gasteiger partial charge < -0.3 is 5.32 Å². The van der Waals surface area contributed by atoms with Gasteiger partial charge in [-0.05, 0) is 54.5 Å². The molecule has 0 saturated carbocycles. The minimum absolute atomic E-state index is 0.459. The summed E-state index contributed by atoms with van der Waals surface area (Å²) in [4.78, 5) is 1.46. The minimum atomic E-state index is 0.459. The molecule has 2 atom stereocenters. The van der Waals surface area contributed by atoms with Gasteiger partial charge in [0.15, 0.2) is 0 Å². The van der Waals surface area contributed by atoms with E-state index in [9.17, 15) is 0 Å². The monoisotopic (exact) mass is 293 g/mol. The largest absolute Gasteiger partial charge is 0.312 e. The topological polar surface area (TPSA) is 12.0 Å². The first-order chi connectivity index (χ1) is 10.3. The van der Waals surface area contributed by atoms with Crippen molar-refractivity contribution in [3.05, 3.63) is 70.6 Å². The standard InChI is InChI=1S/C19H19NS/c1-20-17(11-15-10-13-6-2-4-8-16(13)15)19-12-14-7-3-5-9-18(14)21-19/h2-9,12,15,17,20H,10-11H2,1H3. The average molecular weight is 293 g/mol. The van der Waals surface area contributed by atoms with Crippen molar-refractivity contribution < 1.29 is 0 Å².